The summed E-state index contributed by atoms with van der Waals surface area (Å²) in [5, 5.41) is 8.92. The first-order chi connectivity index (χ1) is 13.2. The van der Waals surface area contributed by atoms with Crippen molar-refractivity contribution < 1.29 is 4.74 Å². The Labute approximate surface area is 162 Å². The maximum atomic E-state index is 8.92. The second-order valence-electron chi connectivity index (χ2n) is 7.21. The maximum Gasteiger partial charge on any atom is 0.128 e. The molecule has 27 heavy (non-hydrogen) atoms. The van der Waals surface area contributed by atoms with E-state index in [2.05, 4.69) is 48.0 Å². The molecule has 0 N–H and O–H groups in total. The van der Waals surface area contributed by atoms with Crippen molar-refractivity contribution in [3.63, 3.8) is 0 Å². The molecule has 1 atom stereocenters. The van der Waals surface area contributed by atoms with Gasteiger partial charge in [0.05, 0.1) is 12.2 Å². The van der Waals surface area contributed by atoms with Gasteiger partial charge in [-0.1, -0.05) is 19.9 Å². The highest BCUT2D eigenvalue weighted by molar-refractivity contribution is 5.42. The summed E-state index contributed by atoms with van der Waals surface area (Å²) in [5.74, 6) is 2.65. The van der Waals surface area contributed by atoms with Gasteiger partial charge >= 0.3 is 0 Å². The van der Waals surface area contributed by atoms with Gasteiger partial charge in [-0.3, -0.25) is 0 Å². The highest BCUT2D eigenvalue weighted by Gasteiger charge is 2.21. The minimum absolute atomic E-state index is 0.598. The molecule has 2 aromatic rings. The number of pyridine rings is 1. The lowest BCUT2D eigenvalue weighted by atomic mass is 9.99. The van der Waals surface area contributed by atoms with Crippen LogP contribution in [-0.4, -0.2) is 24.7 Å². The number of ether oxygens (including phenoxy) is 1. The van der Waals surface area contributed by atoms with Gasteiger partial charge in [-0.2, -0.15) is 5.26 Å². The highest BCUT2D eigenvalue weighted by Crippen LogP contribution is 2.37. The van der Waals surface area contributed by atoms with Crippen molar-refractivity contribution >= 4 is 5.82 Å². The van der Waals surface area contributed by atoms with Gasteiger partial charge in [0.25, 0.3) is 0 Å². The minimum atomic E-state index is 0.598. The Morgan fingerprint density at radius 3 is 2.81 bits per heavy atom. The second kappa shape index (κ2) is 9.41. The summed E-state index contributed by atoms with van der Waals surface area (Å²) in [5.41, 5.74) is 3.58. The standard InChI is InChI=1S/C23H29N3O/c1-3-12-26(23-11-6-18(16-24)17-25-23)13-5-14-27-21-9-10-22-19(4-2)7-8-20(22)15-21/h6,9-11,15,17,19H,3-5,7-8,12-14H2,1-2H3/t19-/m1/s1. The van der Waals surface area contributed by atoms with E-state index in [0.29, 0.717) is 12.2 Å². The van der Waals surface area contributed by atoms with Gasteiger partial charge in [-0.15, -0.1) is 0 Å². The van der Waals surface area contributed by atoms with E-state index in [4.69, 9.17) is 10.00 Å². The first-order valence-corrected chi connectivity index (χ1v) is 10.1. The zero-order chi connectivity index (χ0) is 19.1. The molecular formula is C23H29N3O. The third kappa shape index (κ3) is 4.80. The van der Waals surface area contributed by atoms with E-state index >= 15 is 0 Å². The van der Waals surface area contributed by atoms with Crippen molar-refractivity contribution in [2.45, 2.75) is 51.9 Å². The fourth-order valence-corrected chi connectivity index (χ4v) is 3.89. The smallest absolute Gasteiger partial charge is 0.128 e. The van der Waals surface area contributed by atoms with Crippen LogP contribution in [0.15, 0.2) is 36.5 Å². The molecule has 0 aliphatic heterocycles. The Bertz CT molecular complexity index is 779. The average Bonchev–Trinajstić information content (AvgIpc) is 3.13. The number of nitrogens with zero attached hydrogens (tertiary/aromatic N) is 3. The molecule has 0 unspecified atom stereocenters. The Morgan fingerprint density at radius 1 is 1.22 bits per heavy atom. The number of nitriles is 1. The van der Waals surface area contributed by atoms with E-state index in [0.717, 1.165) is 43.4 Å². The summed E-state index contributed by atoms with van der Waals surface area (Å²) in [4.78, 5) is 6.69. The predicted molar refractivity (Wildman–Crippen MR) is 109 cm³/mol. The molecule has 0 radical (unpaired) electrons. The monoisotopic (exact) mass is 363 g/mol. The molecule has 0 amide bonds. The fourth-order valence-electron chi connectivity index (χ4n) is 3.89. The predicted octanol–water partition coefficient (Wildman–Crippen LogP) is 5.08. The first kappa shape index (κ1) is 19.2. The highest BCUT2D eigenvalue weighted by atomic mass is 16.5. The quantitative estimate of drug-likeness (QED) is 0.583. The van der Waals surface area contributed by atoms with Crippen molar-refractivity contribution in [2.75, 3.05) is 24.6 Å². The number of aromatic nitrogens is 1. The first-order valence-electron chi connectivity index (χ1n) is 10.1. The Kier molecular flexibility index (Phi) is 6.70. The summed E-state index contributed by atoms with van der Waals surface area (Å²) < 4.78 is 6.01. The van der Waals surface area contributed by atoms with Crippen LogP contribution in [-0.2, 0) is 6.42 Å². The topological polar surface area (TPSA) is 49.1 Å². The molecule has 0 spiro atoms. The normalized spacial score (nSPS) is 15.2. The molecule has 1 aromatic carbocycles. The van der Waals surface area contributed by atoms with Crippen LogP contribution in [0.25, 0.3) is 0 Å². The number of rotatable bonds is 9. The van der Waals surface area contributed by atoms with Gasteiger partial charge in [0.2, 0.25) is 0 Å². The summed E-state index contributed by atoms with van der Waals surface area (Å²) in [6.07, 6.45) is 7.33. The zero-order valence-corrected chi connectivity index (χ0v) is 16.4. The van der Waals surface area contributed by atoms with Crippen molar-refractivity contribution in [1.29, 1.82) is 5.26 Å². The molecule has 3 rings (SSSR count). The van der Waals surface area contributed by atoms with E-state index < -0.39 is 0 Å². The van der Waals surface area contributed by atoms with Crippen LogP contribution in [0.3, 0.4) is 0 Å². The number of hydrogen-bond donors (Lipinski definition) is 0. The lowest BCUT2D eigenvalue weighted by molar-refractivity contribution is 0.311. The third-order valence-electron chi connectivity index (χ3n) is 5.34. The van der Waals surface area contributed by atoms with Crippen LogP contribution < -0.4 is 9.64 Å². The van der Waals surface area contributed by atoms with E-state index in [1.54, 1.807) is 6.20 Å². The maximum absolute atomic E-state index is 8.92. The minimum Gasteiger partial charge on any atom is -0.494 e. The molecule has 0 saturated carbocycles. The molecular weight excluding hydrogens is 334 g/mol. The molecule has 1 aliphatic rings. The molecule has 0 saturated heterocycles. The van der Waals surface area contributed by atoms with Crippen molar-refractivity contribution in [1.82, 2.24) is 4.98 Å². The van der Waals surface area contributed by atoms with Crippen LogP contribution in [0.1, 0.15) is 62.1 Å². The molecule has 4 nitrogen and oxygen atoms in total. The molecule has 1 heterocycles. The van der Waals surface area contributed by atoms with Gasteiger partial charge in [0, 0.05) is 19.3 Å². The van der Waals surface area contributed by atoms with Gasteiger partial charge in [0.1, 0.15) is 17.6 Å². The summed E-state index contributed by atoms with van der Waals surface area (Å²) >= 11 is 0. The SMILES string of the molecule is CCCN(CCCOc1ccc2c(c1)CC[C@H]2CC)c1ccc(C#N)cn1. The van der Waals surface area contributed by atoms with E-state index in [-0.39, 0.29) is 0 Å². The second-order valence-corrected chi connectivity index (χ2v) is 7.21. The van der Waals surface area contributed by atoms with Gasteiger partial charge < -0.3 is 9.64 Å². The third-order valence-corrected chi connectivity index (χ3v) is 5.34. The summed E-state index contributed by atoms with van der Waals surface area (Å²) in [7, 11) is 0. The van der Waals surface area contributed by atoms with E-state index in [1.807, 2.05) is 12.1 Å². The van der Waals surface area contributed by atoms with Crippen LogP contribution in [0, 0.1) is 11.3 Å². The lowest BCUT2D eigenvalue weighted by Crippen LogP contribution is -2.27. The van der Waals surface area contributed by atoms with Crippen LogP contribution in [0.2, 0.25) is 0 Å². The number of aryl methyl sites for hydroxylation is 1. The van der Waals surface area contributed by atoms with E-state index in [1.165, 1.54) is 30.4 Å². The van der Waals surface area contributed by atoms with Crippen molar-refractivity contribution in [2.24, 2.45) is 0 Å². The fraction of sp³-hybridized carbons (Fsp3) is 0.478. The molecule has 4 heteroatoms. The Balaban J connectivity index is 1.51. The van der Waals surface area contributed by atoms with Crippen molar-refractivity contribution in [3.8, 4) is 11.8 Å². The molecule has 1 aromatic heterocycles. The molecule has 142 valence electrons. The zero-order valence-electron chi connectivity index (χ0n) is 16.4. The van der Waals surface area contributed by atoms with Crippen LogP contribution in [0.4, 0.5) is 5.82 Å². The van der Waals surface area contributed by atoms with Gasteiger partial charge in [-0.05, 0) is 73.4 Å². The number of anilines is 1. The molecule has 0 fully saturated rings. The van der Waals surface area contributed by atoms with Crippen molar-refractivity contribution in [3.05, 3.63) is 53.2 Å². The Hall–Kier alpha value is -2.54. The number of fused-ring (bicyclic) bond motifs is 1. The summed E-state index contributed by atoms with van der Waals surface area (Å²) in [6, 6.07) is 12.5. The number of hydrogen-bond acceptors (Lipinski definition) is 4. The molecule has 1 aliphatic carbocycles. The summed E-state index contributed by atoms with van der Waals surface area (Å²) in [6.45, 7) is 6.99. The Morgan fingerprint density at radius 2 is 2.11 bits per heavy atom. The van der Waals surface area contributed by atoms with Gasteiger partial charge in [0.15, 0.2) is 0 Å². The van der Waals surface area contributed by atoms with Crippen LogP contribution >= 0.6 is 0 Å². The van der Waals surface area contributed by atoms with Gasteiger partial charge in [-0.25, -0.2) is 4.98 Å². The van der Waals surface area contributed by atoms with E-state index in [9.17, 15) is 0 Å². The largest absolute Gasteiger partial charge is 0.494 e. The van der Waals surface area contributed by atoms with Crippen LogP contribution in [0.5, 0.6) is 5.75 Å². The molecule has 0 bridgehead atoms. The lowest BCUT2D eigenvalue weighted by Gasteiger charge is -2.23. The average molecular weight is 364 g/mol. The number of benzene rings is 1.